The number of sulfone groups is 1. The lowest BCUT2D eigenvalue weighted by molar-refractivity contribution is -0.137. The first-order valence-corrected chi connectivity index (χ1v) is 13.0. The number of alkyl halides is 3. The fraction of sp³-hybridized carbons (Fsp3) is 0.240. The number of carbonyl (C=O) groups is 2. The molecule has 13 heteroatoms. The number of hydrogen-bond acceptors (Lipinski definition) is 6. The first kappa shape index (κ1) is 27.0. The summed E-state index contributed by atoms with van der Waals surface area (Å²) in [5, 5.41) is 8.02. The van der Waals surface area contributed by atoms with Gasteiger partial charge in [-0.05, 0) is 49.7 Å². The van der Waals surface area contributed by atoms with Gasteiger partial charge in [-0.1, -0.05) is 18.2 Å². The van der Waals surface area contributed by atoms with Crippen molar-refractivity contribution in [3.05, 3.63) is 82.8 Å². The van der Waals surface area contributed by atoms with Crippen molar-refractivity contribution in [2.24, 2.45) is 0 Å². The van der Waals surface area contributed by atoms with Gasteiger partial charge in [-0.25, -0.2) is 17.8 Å². The summed E-state index contributed by atoms with van der Waals surface area (Å²) in [5.41, 5.74) is -1.62. The minimum Gasteiger partial charge on any atom is -0.345 e. The molecule has 2 heterocycles. The van der Waals surface area contributed by atoms with Gasteiger partial charge in [0.25, 0.3) is 11.8 Å². The topological polar surface area (TPSA) is 117 Å². The number of para-hydroxylation sites is 1. The molecule has 1 aliphatic heterocycles. The molecule has 200 valence electrons. The third-order valence-electron chi connectivity index (χ3n) is 5.78. The number of benzene rings is 2. The zero-order chi connectivity index (χ0) is 27.9. The minimum atomic E-state index is -4.88. The molecule has 4 rings (SSSR count). The lowest BCUT2D eigenvalue weighted by Crippen LogP contribution is -2.63. The van der Waals surface area contributed by atoms with Gasteiger partial charge in [-0.15, -0.1) is 0 Å². The summed E-state index contributed by atoms with van der Waals surface area (Å²) in [6.45, 7) is 3.37. The van der Waals surface area contributed by atoms with E-state index in [1.165, 1.54) is 12.3 Å². The van der Waals surface area contributed by atoms with E-state index in [0.717, 1.165) is 5.56 Å². The van der Waals surface area contributed by atoms with Crippen molar-refractivity contribution in [3.63, 3.8) is 0 Å². The molecule has 0 spiro atoms. The highest BCUT2D eigenvalue weighted by Gasteiger charge is 2.45. The van der Waals surface area contributed by atoms with E-state index in [0.29, 0.717) is 17.8 Å². The van der Waals surface area contributed by atoms with Gasteiger partial charge in [-0.2, -0.15) is 13.2 Å². The number of nitrogens with zero attached hydrogens (tertiary/aromatic N) is 1. The molecule has 0 bridgehead atoms. The van der Waals surface area contributed by atoms with E-state index >= 15 is 0 Å². The Labute approximate surface area is 215 Å². The Balaban J connectivity index is 1.67. The number of pyridine rings is 1. The quantitative estimate of drug-likeness (QED) is 0.390. The normalized spacial score (nSPS) is 15.7. The van der Waals surface area contributed by atoms with Gasteiger partial charge in [0.2, 0.25) is 0 Å². The standard InChI is InChI=1S/C25H22F4N4O4S/c1-14-5-3-4-6-19(14)31-21-20(32-22(34)15-7-17(25(27,28)29)10-18(26)8-15)9-16(11-30-21)23(35)33-24(2)12-38(36,37)13-24/h3-11H,12-13H2,1-2H3,(H,30,31)(H,32,34)(H,33,35). The van der Waals surface area contributed by atoms with Crippen LogP contribution in [0.15, 0.2) is 54.7 Å². The Hall–Kier alpha value is -4.00. The van der Waals surface area contributed by atoms with Crippen molar-refractivity contribution >= 4 is 38.8 Å². The number of amides is 2. The molecule has 1 aromatic heterocycles. The molecule has 8 nitrogen and oxygen atoms in total. The van der Waals surface area contributed by atoms with Crippen LogP contribution in [0.3, 0.4) is 0 Å². The predicted octanol–water partition coefficient (Wildman–Crippen LogP) is 4.46. The molecular formula is C25H22F4N4O4S. The first-order chi connectivity index (χ1) is 17.6. The number of carbonyl (C=O) groups excluding carboxylic acids is 2. The van der Waals surface area contributed by atoms with Crippen LogP contribution in [0.5, 0.6) is 0 Å². The molecular weight excluding hydrogens is 528 g/mol. The van der Waals surface area contributed by atoms with Gasteiger partial charge in [-0.3, -0.25) is 9.59 Å². The van der Waals surface area contributed by atoms with Gasteiger partial charge < -0.3 is 16.0 Å². The lowest BCUT2D eigenvalue weighted by Gasteiger charge is -2.38. The second-order valence-electron chi connectivity index (χ2n) is 9.29. The maximum Gasteiger partial charge on any atom is 0.416 e. The van der Waals surface area contributed by atoms with E-state index in [1.807, 2.05) is 0 Å². The highest BCUT2D eigenvalue weighted by atomic mass is 32.2. The first-order valence-electron chi connectivity index (χ1n) is 11.2. The molecule has 1 saturated heterocycles. The van der Waals surface area contributed by atoms with Gasteiger partial charge in [0.15, 0.2) is 15.7 Å². The number of halogens is 4. The number of anilines is 3. The summed E-state index contributed by atoms with van der Waals surface area (Å²) in [4.78, 5) is 29.9. The van der Waals surface area contributed by atoms with E-state index < -0.39 is 50.3 Å². The second-order valence-corrected chi connectivity index (χ2v) is 11.4. The van der Waals surface area contributed by atoms with Crippen LogP contribution in [0.1, 0.15) is 38.8 Å². The summed E-state index contributed by atoms with van der Waals surface area (Å²) in [5.74, 6) is -3.41. The Morgan fingerprint density at radius 1 is 0.974 bits per heavy atom. The molecule has 0 radical (unpaired) electrons. The highest BCUT2D eigenvalue weighted by molar-refractivity contribution is 7.93. The fourth-order valence-electron chi connectivity index (χ4n) is 4.05. The molecule has 0 aliphatic carbocycles. The number of nitrogens with one attached hydrogen (secondary N) is 3. The van der Waals surface area contributed by atoms with Crippen molar-refractivity contribution in [1.29, 1.82) is 0 Å². The molecule has 0 unspecified atom stereocenters. The van der Waals surface area contributed by atoms with Crippen LogP contribution in [-0.2, 0) is 16.0 Å². The van der Waals surface area contributed by atoms with E-state index in [4.69, 9.17) is 0 Å². The summed E-state index contributed by atoms with van der Waals surface area (Å²) in [7, 11) is -3.24. The zero-order valence-corrected chi connectivity index (χ0v) is 20.9. The third-order valence-corrected chi connectivity index (χ3v) is 7.93. The number of hydrogen-bond donors (Lipinski definition) is 3. The number of aryl methyl sites for hydroxylation is 1. The molecule has 2 amide bonds. The van der Waals surface area contributed by atoms with Crippen molar-refractivity contribution in [2.45, 2.75) is 25.6 Å². The molecule has 0 saturated carbocycles. The van der Waals surface area contributed by atoms with Crippen molar-refractivity contribution in [1.82, 2.24) is 10.3 Å². The number of rotatable bonds is 6. The van der Waals surface area contributed by atoms with Gasteiger partial charge >= 0.3 is 6.18 Å². The molecule has 3 N–H and O–H groups in total. The minimum absolute atomic E-state index is 0.0450. The predicted molar refractivity (Wildman–Crippen MR) is 133 cm³/mol. The number of aromatic nitrogens is 1. The van der Waals surface area contributed by atoms with E-state index in [9.17, 15) is 35.6 Å². The average molecular weight is 551 g/mol. The summed E-state index contributed by atoms with van der Waals surface area (Å²) in [6.07, 6.45) is -3.68. The van der Waals surface area contributed by atoms with Gasteiger partial charge in [0.05, 0.1) is 33.9 Å². The molecule has 1 fully saturated rings. The van der Waals surface area contributed by atoms with Crippen LogP contribution in [0.2, 0.25) is 0 Å². The zero-order valence-electron chi connectivity index (χ0n) is 20.1. The SMILES string of the molecule is Cc1ccccc1Nc1ncc(C(=O)NC2(C)CS(=O)(=O)C2)cc1NC(=O)c1cc(F)cc(C(F)(F)F)c1. The van der Waals surface area contributed by atoms with E-state index in [1.54, 1.807) is 38.1 Å². The van der Waals surface area contributed by atoms with Crippen molar-refractivity contribution in [2.75, 3.05) is 22.1 Å². The van der Waals surface area contributed by atoms with Crippen LogP contribution in [0, 0.1) is 12.7 Å². The van der Waals surface area contributed by atoms with Crippen LogP contribution in [-0.4, -0.2) is 42.3 Å². The molecule has 38 heavy (non-hydrogen) atoms. The van der Waals surface area contributed by atoms with Gasteiger partial charge in [0.1, 0.15) is 5.82 Å². The Morgan fingerprint density at radius 2 is 1.66 bits per heavy atom. The Morgan fingerprint density at radius 3 is 2.29 bits per heavy atom. The molecule has 3 aromatic rings. The Kier molecular flexibility index (Phi) is 6.91. The van der Waals surface area contributed by atoms with Crippen LogP contribution < -0.4 is 16.0 Å². The smallest absolute Gasteiger partial charge is 0.345 e. The maximum absolute atomic E-state index is 13.9. The van der Waals surface area contributed by atoms with Crippen molar-refractivity contribution in [3.8, 4) is 0 Å². The monoisotopic (exact) mass is 550 g/mol. The summed E-state index contributed by atoms with van der Waals surface area (Å²) >= 11 is 0. The molecule has 1 aliphatic rings. The lowest BCUT2D eigenvalue weighted by atomic mass is 10.1. The van der Waals surface area contributed by atoms with E-state index in [-0.39, 0.29) is 34.6 Å². The second kappa shape index (κ2) is 9.71. The Bertz CT molecular complexity index is 1530. The van der Waals surface area contributed by atoms with Crippen LogP contribution in [0.25, 0.3) is 0 Å². The maximum atomic E-state index is 13.9. The van der Waals surface area contributed by atoms with Gasteiger partial charge in [0, 0.05) is 17.4 Å². The fourth-order valence-corrected chi connectivity index (χ4v) is 6.05. The van der Waals surface area contributed by atoms with E-state index in [2.05, 4.69) is 20.9 Å². The van der Waals surface area contributed by atoms with Crippen molar-refractivity contribution < 1.29 is 35.6 Å². The highest BCUT2D eigenvalue weighted by Crippen LogP contribution is 2.32. The summed E-state index contributed by atoms with van der Waals surface area (Å²) < 4.78 is 76.5. The molecule has 2 aromatic carbocycles. The van der Waals surface area contributed by atoms with Crippen LogP contribution >= 0.6 is 0 Å². The molecule has 0 atom stereocenters. The average Bonchev–Trinajstić information content (AvgIpc) is 2.79. The van der Waals surface area contributed by atoms with Crippen LogP contribution in [0.4, 0.5) is 34.8 Å². The largest absolute Gasteiger partial charge is 0.416 e. The summed E-state index contributed by atoms with van der Waals surface area (Å²) in [6, 6.07) is 9.75. The third kappa shape index (κ3) is 6.10.